The molecule has 1 nitrogen and oxygen atoms in total. The van der Waals surface area contributed by atoms with E-state index in [1.165, 1.54) is 18.2 Å². The van der Waals surface area contributed by atoms with Crippen LogP contribution in [0.2, 0.25) is 0 Å². The second kappa shape index (κ2) is 5.83. The highest BCUT2D eigenvalue weighted by molar-refractivity contribution is 5.52. The van der Waals surface area contributed by atoms with Gasteiger partial charge in [-0.1, -0.05) is 24.3 Å². The van der Waals surface area contributed by atoms with Crippen LogP contribution in [0.3, 0.4) is 0 Å². The van der Waals surface area contributed by atoms with E-state index in [1.54, 1.807) is 18.2 Å². The topological polar surface area (TPSA) is 12.0 Å². The van der Waals surface area contributed by atoms with E-state index in [4.69, 9.17) is 0 Å². The van der Waals surface area contributed by atoms with E-state index in [2.05, 4.69) is 5.32 Å². The lowest BCUT2D eigenvalue weighted by molar-refractivity contribution is 0.623. The number of rotatable bonds is 4. The molecular weight excluding hydrogens is 244 g/mol. The summed E-state index contributed by atoms with van der Waals surface area (Å²) in [5.74, 6) is -0.486. The van der Waals surface area contributed by atoms with Gasteiger partial charge in [0.25, 0.3) is 0 Å². The highest BCUT2D eigenvalue weighted by atomic mass is 19.1. The third kappa shape index (κ3) is 3.53. The van der Waals surface area contributed by atoms with Crippen LogP contribution in [0.25, 0.3) is 0 Å². The van der Waals surface area contributed by atoms with Gasteiger partial charge < -0.3 is 5.32 Å². The normalized spacial score (nSPS) is 12.2. The summed E-state index contributed by atoms with van der Waals surface area (Å²) in [5.41, 5.74) is 2.44. The Morgan fingerprint density at radius 1 is 1.05 bits per heavy atom. The molecule has 0 spiro atoms. The van der Waals surface area contributed by atoms with E-state index < -0.39 is 0 Å². The van der Waals surface area contributed by atoms with Gasteiger partial charge in [-0.25, -0.2) is 8.78 Å². The zero-order chi connectivity index (χ0) is 13.8. The van der Waals surface area contributed by atoms with Gasteiger partial charge >= 0.3 is 0 Å². The van der Waals surface area contributed by atoms with Crippen LogP contribution in [0, 0.1) is 18.6 Å². The maximum atomic E-state index is 13.7. The molecule has 0 saturated carbocycles. The molecule has 2 aromatic rings. The number of nitrogens with one attached hydrogen (secondary N) is 1. The maximum Gasteiger partial charge on any atom is 0.146 e. The van der Waals surface area contributed by atoms with Crippen molar-refractivity contribution in [3.05, 3.63) is 65.2 Å². The Balaban J connectivity index is 2.05. The molecule has 0 fully saturated rings. The molecule has 19 heavy (non-hydrogen) atoms. The predicted molar refractivity (Wildman–Crippen MR) is 74.3 cm³/mol. The Labute approximate surface area is 112 Å². The molecule has 2 rings (SSSR count). The molecule has 3 heteroatoms. The fraction of sp³-hybridized carbons (Fsp3) is 0.250. The van der Waals surface area contributed by atoms with Crippen molar-refractivity contribution in [1.29, 1.82) is 0 Å². The van der Waals surface area contributed by atoms with E-state index in [0.717, 1.165) is 11.1 Å². The van der Waals surface area contributed by atoms with Gasteiger partial charge in [0.05, 0.1) is 5.69 Å². The highest BCUT2D eigenvalue weighted by Gasteiger charge is 2.09. The average Bonchev–Trinajstić information content (AvgIpc) is 2.37. The molecule has 0 aliphatic carbocycles. The first kappa shape index (κ1) is 13.5. The molecule has 1 atom stereocenters. The van der Waals surface area contributed by atoms with Crippen molar-refractivity contribution in [1.82, 2.24) is 0 Å². The molecule has 0 saturated heterocycles. The number of aryl methyl sites for hydroxylation is 1. The van der Waals surface area contributed by atoms with E-state index in [1.807, 2.05) is 19.9 Å². The van der Waals surface area contributed by atoms with Crippen LogP contribution in [-0.2, 0) is 6.42 Å². The lowest BCUT2D eigenvalue weighted by Crippen LogP contribution is -2.19. The van der Waals surface area contributed by atoms with Gasteiger partial charge in [-0.2, -0.15) is 0 Å². The van der Waals surface area contributed by atoms with Gasteiger partial charge in [0.2, 0.25) is 0 Å². The summed E-state index contributed by atoms with van der Waals surface area (Å²) in [7, 11) is 0. The highest BCUT2D eigenvalue weighted by Crippen LogP contribution is 2.20. The van der Waals surface area contributed by atoms with E-state index in [9.17, 15) is 8.78 Å². The monoisotopic (exact) mass is 261 g/mol. The van der Waals surface area contributed by atoms with Crippen LogP contribution in [0.1, 0.15) is 18.1 Å². The molecule has 0 aliphatic rings. The van der Waals surface area contributed by atoms with Gasteiger partial charge in [-0.05, 0) is 49.6 Å². The molecule has 0 aliphatic heterocycles. The number of hydrogen-bond donors (Lipinski definition) is 1. The number of hydrogen-bond acceptors (Lipinski definition) is 1. The minimum Gasteiger partial charge on any atom is -0.380 e. The third-order valence-corrected chi connectivity index (χ3v) is 3.07. The van der Waals surface area contributed by atoms with Crippen molar-refractivity contribution in [2.45, 2.75) is 26.3 Å². The van der Waals surface area contributed by atoms with Crippen LogP contribution in [0.5, 0.6) is 0 Å². The number of anilines is 1. The zero-order valence-electron chi connectivity index (χ0n) is 11.1. The predicted octanol–water partition coefficient (Wildman–Crippen LogP) is 4.32. The zero-order valence-corrected chi connectivity index (χ0v) is 11.1. The molecule has 100 valence electrons. The van der Waals surface area contributed by atoms with Crippen molar-refractivity contribution in [2.75, 3.05) is 5.32 Å². The van der Waals surface area contributed by atoms with Gasteiger partial charge in [0, 0.05) is 6.04 Å². The second-order valence-corrected chi connectivity index (χ2v) is 4.81. The molecule has 0 bridgehead atoms. The fourth-order valence-corrected chi connectivity index (χ4v) is 2.09. The van der Waals surface area contributed by atoms with Crippen molar-refractivity contribution >= 4 is 5.69 Å². The van der Waals surface area contributed by atoms with Crippen molar-refractivity contribution in [3.63, 3.8) is 0 Å². The SMILES string of the molecule is Cc1cccc(F)c1NC(C)Cc1ccc(F)cc1. The summed E-state index contributed by atoms with van der Waals surface area (Å²) >= 11 is 0. The molecule has 0 aromatic heterocycles. The number of para-hydroxylation sites is 1. The summed E-state index contributed by atoms with van der Waals surface area (Å²) in [6, 6.07) is 11.5. The summed E-state index contributed by atoms with van der Waals surface area (Å²) < 4.78 is 26.5. The quantitative estimate of drug-likeness (QED) is 0.864. The summed E-state index contributed by atoms with van der Waals surface area (Å²) in [6.07, 6.45) is 0.716. The molecule has 1 N–H and O–H groups in total. The summed E-state index contributed by atoms with van der Waals surface area (Å²) in [4.78, 5) is 0. The number of halogens is 2. The Kier molecular flexibility index (Phi) is 4.15. The minimum atomic E-state index is -0.244. The van der Waals surface area contributed by atoms with Crippen LogP contribution >= 0.6 is 0 Å². The average molecular weight is 261 g/mol. The molecular formula is C16H17F2N. The second-order valence-electron chi connectivity index (χ2n) is 4.81. The Hall–Kier alpha value is -1.90. The molecule has 1 unspecified atom stereocenters. The molecule has 2 aromatic carbocycles. The standard InChI is InChI=1S/C16H17F2N/c1-11-4-3-5-15(18)16(11)19-12(2)10-13-6-8-14(17)9-7-13/h3-9,12,19H,10H2,1-2H3. The first-order chi connectivity index (χ1) is 9.06. The van der Waals surface area contributed by atoms with Gasteiger partial charge in [0.1, 0.15) is 11.6 Å². The smallest absolute Gasteiger partial charge is 0.146 e. The molecule has 0 heterocycles. The number of benzene rings is 2. The fourth-order valence-electron chi connectivity index (χ4n) is 2.09. The largest absolute Gasteiger partial charge is 0.380 e. The summed E-state index contributed by atoms with van der Waals surface area (Å²) in [6.45, 7) is 3.85. The van der Waals surface area contributed by atoms with Crippen LogP contribution in [0.15, 0.2) is 42.5 Å². The van der Waals surface area contributed by atoms with E-state index in [0.29, 0.717) is 12.1 Å². The van der Waals surface area contributed by atoms with Crippen LogP contribution in [0.4, 0.5) is 14.5 Å². The van der Waals surface area contributed by atoms with Crippen molar-refractivity contribution < 1.29 is 8.78 Å². The van der Waals surface area contributed by atoms with E-state index in [-0.39, 0.29) is 17.7 Å². The van der Waals surface area contributed by atoms with Gasteiger partial charge in [0.15, 0.2) is 0 Å². The molecule has 0 radical (unpaired) electrons. The van der Waals surface area contributed by atoms with Crippen molar-refractivity contribution in [3.8, 4) is 0 Å². The Bertz CT molecular complexity index is 529. The van der Waals surface area contributed by atoms with Gasteiger partial charge in [-0.3, -0.25) is 0 Å². The Morgan fingerprint density at radius 2 is 1.74 bits per heavy atom. The van der Waals surface area contributed by atoms with Crippen LogP contribution in [-0.4, -0.2) is 6.04 Å². The first-order valence-electron chi connectivity index (χ1n) is 6.32. The van der Waals surface area contributed by atoms with E-state index >= 15 is 0 Å². The maximum absolute atomic E-state index is 13.7. The first-order valence-corrected chi connectivity index (χ1v) is 6.32. The minimum absolute atomic E-state index is 0.0704. The van der Waals surface area contributed by atoms with Crippen LogP contribution < -0.4 is 5.32 Å². The lowest BCUT2D eigenvalue weighted by Gasteiger charge is -2.17. The summed E-state index contributed by atoms with van der Waals surface area (Å²) in [5, 5.41) is 3.17. The van der Waals surface area contributed by atoms with Crippen molar-refractivity contribution in [2.24, 2.45) is 0 Å². The molecule has 0 amide bonds. The lowest BCUT2D eigenvalue weighted by atomic mass is 10.1. The van der Waals surface area contributed by atoms with Gasteiger partial charge in [-0.15, -0.1) is 0 Å². The third-order valence-electron chi connectivity index (χ3n) is 3.07. The Morgan fingerprint density at radius 3 is 2.37 bits per heavy atom.